The van der Waals surface area contributed by atoms with Gasteiger partial charge in [-0.05, 0) is 96.1 Å². The summed E-state index contributed by atoms with van der Waals surface area (Å²) in [6.45, 7) is 6.71. The summed E-state index contributed by atoms with van der Waals surface area (Å²) in [6.07, 6.45) is 17.9. The van der Waals surface area contributed by atoms with E-state index in [0.29, 0.717) is 0 Å². The molecule has 23 heavy (non-hydrogen) atoms. The van der Waals surface area contributed by atoms with Crippen LogP contribution in [0.3, 0.4) is 0 Å². The first-order valence-electron chi connectivity index (χ1n) is 10.8. The SMILES string of the molecule is CC1CCCC2CC(CC3CCC4CCCCN4C3)CCCN12. The van der Waals surface area contributed by atoms with Crippen LogP contribution in [-0.2, 0) is 0 Å². The second-order valence-corrected chi connectivity index (χ2v) is 9.24. The van der Waals surface area contributed by atoms with Crippen molar-refractivity contribution < 1.29 is 0 Å². The number of piperidine rings is 3. The minimum absolute atomic E-state index is 0.858. The molecule has 4 heterocycles. The molecular formula is C21H38N2. The second kappa shape index (κ2) is 7.44. The van der Waals surface area contributed by atoms with Crippen LogP contribution in [0.2, 0.25) is 0 Å². The summed E-state index contributed by atoms with van der Waals surface area (Å²) in [4.78, 5) is 5.74. The maximum absolute atomic E-state index is 2.88. The van der Waals surface area contributed by atoms with Gasteiger partial charge in [-0.15, -0.1) is 0 Å². The Morgan fingerprint density at radius 2 is 1.65 bits per heavy atom. The van der Waals surface area contributed by atoms with Gasteiger partial charge in [-0.25, -0.2) is 0 Å². The molecule has 0 aromatic rings. The molecular weight excluding hydrogens is 280 g/mol. The summed E-state index contributed by atoms with van der Waals surface area (Å²) in [6, 6.07) is 2.75. The van der Waals surface area contributed by atoms with Gasteiger partial charge in [0.25, 0.3) is 0 Å². The molecule has 4 rings (SSSR count). The van der Waals surface area contributed by atoms with Gasteiger partial charge in [0.1, 0.15) is 0 Å². The number of rotatable bonds is 2. The maximum atomic E-state index is 2.88. The van der Waals surface area contributed by atoms with Gasteiger partial charge in [-0.3, -0.25) is 4.90 Å². The fraction of sp³-hybridized carbons (Fsp3) is 1.00. The van der Waals surface area contributed by atoms with Crippen LogP contribution in [0, 0.1) is 11.8 Å². The molecule has 2 heteroatoms. The third-order valence-corrected chi connectivity index (χ3v) is 7.65. The fourth-order valence-electron chi connectivity index (χ4n) is 6.42. The zero-order valence-corrected chi connectivity index (χ0v) is 15.4. The smallest absolute Gasteiger partial charge is 0.0101 e. The Bertz CT molecular complexity index is 382. The molecule has 0 saturated carbocycles. The van der Waals surface area contributed by atoms with E-state index in [9.17, 15) is 0 Å². The zero-order chi connectivity index (χ0) is 15.6. The van der Waals surface area contributed by atoms with Crippen molar-refractivity contribution >= 4 is 0 Å². The zero-order valence-electron chi connectivity index (χ0n) is 15.4. The van der Waals surface area contributed by atoms with Crippen LogP contribution in [0.15, 0.2) is 0 Å². The molecule has 0 aromatic heterocycles. The van der Waals surface area contributed by atoms with E-state index in [2.05, 4.69) is 16.7 Å². The standard InChI is InChI=1S/C21H38N2/c1-17-6-4-9-21-15-18(7-5-13-23(17)21)14-19-10-11-20-8-2-3-12-22(20)16-19/h17-21H,2-16H2,1H3. The van der Waals surface area contributed by atoms with E-state index >= 15 is 0 Å². The highest BCUT2D eigenvalue weighted by molar-refractivity contribution is 4.89. The van der Waals surface area contributed by atoms with Gasteiger partial charge in [0.05, 0.1) is 0 Å². The van der Waals surface area contributed by atoms with Gasteiger partial charge in [0.2, 0.25) is 0 Å². The molecule has 4 fully saturated rings. The molecule has 5 unspecified atom stereocenters. The quantitative estimate of drug-likeness (QED) is 0.729. The van der Waals surface area contributed by atoms with E-state index in [4.69, 9.17) is 0 Å². The highest BCUT2D eigenvalue weighted by atomic mass is 15.2. The third kappa shape index (κ3) is 3.79. The molecule has 0 bridgehead atoms. The molecule has 0 aliphatic carbocycles. The Labute approximate surface area is 144 Å². The van der Waals surface area contributed by atoms with Crippen molar-refractivity contribution in [2.75, 3.05) is 19.6 Å². The Balaban J connectivity index is 1.32. The highest BCUT2D eigenvalue weighted by Gasteiger charge is 2.35. The van der Waals surface area contributed by atoms with Crippen LogP contribution in [0.25, 0.3) is 0 Å². The van der Waals surface area contributed by atoms with Gasteiger partial charge in [-0.2, -0.15) is 0 Å². The highest BCUT2D eigenvalue weighted by Crippen LogP contribution is 2.37. The van der Waals surface area contributed by atoms with E-state index in [1.165, 1.54) is 90.3 Å². The second-order valence-electron chi connectivity index (χ2n) is 9.24. The fourth-order valence-corrected chi connectivity index (χ4v) is 6.42. The first-order valence-corrected chi connectivity index (χ1v) is 10.8. The van der Waals surface area contributed by atoms with Crippen molar-refractivity contribution in [1.82, 2.24) is 9.80 Å². The van der Waals surface area contributed by atoms with Crippen molar-refractivity contribution in [1.29, 1.82) is 0 Å². The van der Waals surface area contributed by atoms with Gasteiger partial charge in [0.15, 0.2) is 0 Å². The summed E-state index contributed by atoms with van der Waals surface area (Å²) in [5, 5.41) is 0. The normalized spacial score (nSPS) is 43.4. The van der Waals surface area contributed by atoms with Gasteiger partial charge >= 0.3 is 0 Å². The average Bonchev–Trinajstić information content (AvgIpc) is 2.77. The summed E-state index contributed by atoms with van der Waals surface area (Å²) < 4.78 is 0. The lowest BCUT2D eigenvalue weighted by molar-refractivity contribution is 0.0601. The molecule has 0 amide bonds. The minimum atomic E-state index is 0.858. The predicted octanol–water partition coefficient (Wildman–Crippen LogP) is 4.68. The molecule has 0 radical (unpaired) electrons. The van der Waals surface area contributed by atoms with Crippen LogP contribution >= 0.6 is 0 Å². The van der Waals surface area contributed by atoms with Gasteiger partial charge < -0.3 is 4.90 Å². The van der Waals surface area contributed by atoms with Crippen molar-refractivity contribution in [2.45, 2.75) is 102 Å². The molecule has 0 aromatic carbocycles. The van der Waals surface area contributed by atoms with E-state index in [1.54, 1.807) is 6.42 Å². The van der Waals surface area contributed by atoms with E-state index in [0.717, 1.165) is 30.0 Å². The van der Waals surface area contributed by atoms with E-state index in [-0.39, 0.29) is 0 Å². The van der Waals surface area contributed by atoms with Gasteiger partial charge in [-0.1, -0.05) is 12.8 Å². The largest absolute Gasteiger partial charge is 0.300 e. The Morgan fingerprint density at radius 3 is 2.61 bits per heavy atom. The third-order valence-electron chi connectivity index (χ3n) is 7.65. The van der Waals surface area contributed by atoms with Crippen molar-refractivity contribution in [3.05, 3.63) is 0 Å². The first kappa shape index (κ1) is 16.4. The Morgan fingerprint density at radius 1 is 0.739 bits per heavy atom. The van der Waals surface area contributed by atoms with Crippen molar-refractivity contribution in [3.63, 3.8) is 0 Å². The number of hydrogen-bond acceptors (Lipinski definition) is 2. The van der Waals surface area contributed by atoms with Crippen LogP contribution < -0.4 is 0 Å². The van der Waals surface area contributed by atoms with Crippen LogP contribution in [0.4, 0.5) is 0 Å². The molecule has 4 aliphatic rings. The summed E-state index contributed by atoms with van der Waals surface area (Å²) in [7, 11) is 0. The number of fused-ring (bicyclic) bond motifs is 2. The lowest BCUT2D eigenvalue weighted by Crippen LogP contribution is -2.46. The van der Waals surface area contributed by atoms with Crippen LogP contribution in [0.5, 0.6) is 0 Å². The van der Waals surface area contributed by atoms with E-state index in [1.807, 2.05) is 0 Å². The van der Waals surface area contributed by atoms with Crippen molar-refractivity contribution in [3.8, 4) is 0 Å². The van der Waals surface area contributed by atoms with Gasteiger partial charge in [0, 0.05) is 24.7 Å². The Kier molecular flexibility index (Phi) is 5.30. The Hall–Kier alpha value is -0.0800. The monoisotopic (exact) mass is 318 g/mol. The summed E-state index contributed by atoms with van der Waals surface area (Å²) >= 11 is 0. The molecule has 4 aliphatic heterocycles. The van der Waals surface area contributed by atoms with E-state index < -0.39 is 0 Å². The maximum Gasteiger partial charge on any atom is 0.0101 e. The lowest BCUT2D eigenvalue weighted by atomic mass is 9.79. The molecule has 132 valence electrons. The minimum Gasteiger partial charge on any atom is -0.300 e. The number of nitrogens with zero attached hydrogens (tertiary/aromatic N) is 2. The predicted molar refractivity (Wildman–Crippen MR) is 97.7 cm³/mol. The molecule has 4 saturated heterocycles. The summed E-state index contributed by atoms with van der Waals surface area (Å²) in [5.41, 5.74) is 0. The summed E-state index contributed by atoms with van der Waals surface area (Å²) in [5.74, 6) is 2.04. The topological polar surface area (TPSA) is 6.48 Å². The van der Waals surface area contributed by atoms with Crippen LogP contribution in [-0.4, -0.2) is 47.6 Å². The first-order chi connectivity index (χ1) is 11.3. The molecule has 5 atom stereocenters. The lowest BCUT2D eigenvalue weighted by Gasteiger charge is -2.44. The average molecular weight is 319 g/mol. The van der Waals surface area contributed by atoms with Crippen molar-refractivity contribution in [2.24, 2.45) is 11.8 Å². The molecule has 0 N–H and O–H groups in total. The molecule has 0 spiro atoms. The molecule has 2 nitrogen and oxygen atoms in total. The van der Waals surface area contributed by atoms with Crippen LogP contribution in [0.1, 0.15) is 84.0 Å². The number of hydrogen-bond donors (Lipinski definition) is 0.